The Hall–Kier alpha value is -2.14. The number of nitro benzene ring substituents is 1. The molecular weight excluding hydrogens is 266 g/mol. The quantitative estimate of drug-likeness (QED) is 0.692. The normalized spacial score (nSPS) is 16.4. The second kappa shape index (κ2) is 5.33. The third kappa shape index (κ3) is 2.56. The molecule has 21 heavy (non-hydrogen) atoms. The topological polar surface area (TPSA) is 62.2 Å². The van der Waals surface area contributed by atoms with Crippen LogP contribution in [0.25, 0.3) is 16.5 Å². The van der Waals surface area contributed by atoms with Gasteiger partial charge in [0.2, 0.25) is 0 Å². The smallest absolute Gasteiger partial charge is 0.270 e. The van der Waals surface area contributed by atoms with Crippen LogP contribution in [0, 0.1) is 10.1 Å². The molecule has 2 aromatic rings. The number of rotatable bonds is 3. The lowest BCUT2D eigenvalue weighted by molar-refractivity contribution is -0.384. The molecule has 110 valence electrons. The van der Waals surface area contributed by atoms with Crippen LogP contribution in [0.4, 0.5) is 5.69 Å². The lowest BCUT2D eigenvalue weighted by Gasteiger charge is -2.29. The fraction of sp³-hybridized carbons (Fsp3) is 0.375. The van der Waals surface area contributed by atoms with Crippen LogP contribution in [-0.2, 0) is 0 Å². The van der Waals surface area contributed by atoms with Crippen molar-refractivity contribution in [3.63, 3.8) is 0 Å². The fourth-order valence-electron chi connectivity index (χ4n) is 2.89. The SMILES string of the molecule is CC(C)N1CC=C(c2c[nH]c3ccc([N+](=O)[O-])cc23)CC1. The largest absolute Gasteiger partial charge is 0.361 e. The minimum atomic E-state index is -0.341. The fourth-order valence-corrected chi connectivity index (χ4v) is 2.89. The summed E-state index contributed by atoms with van der Waals surface area (Å²) in [4.78, 5) is 16.2. The Morgan fingerprint density at radius 2 is 2.19 bits per heavy atom. The van der Waals surface area contributed by atoms with Crippen LogP contribution in [0.2, 0.25) is 0 Å². The summed E-state index contributed by atoms with van der Waals surface area (Å²) in [5.74, 6) is 0. The van der Waals surface area contributed by atoms with Crippen LogP contribution in [0.3, 0.4) is 0 Å². The zero-order chi connectivity index (χ0) is 15.0. The second-order valence-electron chi connectivity index (χ2n) is 5.76. The highest BCUT2D eigenvalue weighted by Crippen LogP contribution is 2.31. The van der Waals surface area contributed by atoms with Gasteiger partial charge in [0.05, 0.1) is 4.92 Å². The number of benzene rings is 1. The number of hydrogen-bond donors (Lipinski definition) is 1. The Balaban J connectivity index is 1.97. The maximum Gasteiger partial charge on any atom is 0.270 e. The monoisotopic (exact) mass is 285 g/mol. The van der Waals surface area contributed by atoms with Crippen LogP contribution >= 0.6 is 0 Å². The van der Waals surface area contributed by atoms with E-state index in [1.165, 1.54) is 5.57 Å². The van der Waals surface area contributed by atoms with Crippen molar-refractivity contribution in [3.8, 4) is 0 Å². The minimum Gasteiger partial charge on any atom is -0.361 e. The molecule has 0 unspecified atom stereocenters. The zero-order valence-electron chi connectivity index (χ0n) is 12.3. The van der Waals surface area contributed by atoms with Gasteiger partial charge in [0.15, 0.2) is 0 Å². The molecule has 1 aliphatic rings. The lowest BCUT2D eigenvalue weighted by Crippen LogP contribution is -2.34. The molecule has 0 aliphatic carbocycles. The summed E-state index contributed by atoms with van der Waals surface area (Å²) in [6.07, 6.45) is 5.18. The highest BCUT2D eigenvalue weighted by atomic mass is 16.6. The first-order valence-electron chi connectivity index (χ1n) is 7.25. The molecule has 5 nitrogen and oxygen atoms in total. The van der Waals surface area contributed by atoms with Crippen LogP contribution < -0.4 is 0 Å². The van der Waals surface area contributed by atoms with Crippen LogP contribution in [0.1, 0.15) is 25.8 Å². The maximum absolute atomic E-state index is 10.9. The molecule has 1 aromatic heterocycles. The van der Waals surface area contributed by atoms with Gasteiger partial charge in [0.1, 0.15) is 0 Å². The molecule has 2 heterocycles. The highest BCUT2D eigenvalue weighted by molar-refractivity contribution is 5.94. The van der Waals surface area contributed by atoms with Crippen molar-refractivity contribution in [2.24, 2.45) is 0 Å². The average molecular weight is 285 g/mol. The number of nitro groups is 1. The lowest BCUT2D eigenvalue weighted by atomic mass is 9.98. The first kappa shape index (κ1) is 13.8. The molecule has 1 aromatic carbocycles. The van der Waals surface area contributed by atoms with Gasteiger partial charge >= 0.3 is 0 Å². The summed E-state index contributed by atoms with van der Waals surface area (Å²) in [6.45, 7) is 6.38. The van der Waals surface area contributed by atoms with Gasteiger partial charge in [-0.25, -0.2) is 0 Å². The van der Waals surface area contributed by atoms with E-state index < -0.39 is 0 Å². The summed E-state index contributed by atoms with van der Waals surface area (Å²) in [5.41, 5.74) is 3.46. The van der Waals surface area contributed by atoms with Crippen molar-refractivity contribution in [2.45, 2.75) is 26.3 Å². The zero-order valence-corrected chi connectivity index (χ0v) is 12.3. The Labute approximate surface area is 123 Å². The first-order valence-corrected chi connectivity index (χ1v) is 7.25. The third-order valence-corrected chi connectivity index (χ3v) is 4.19. The van der Waals surface area contributed by atoms with Crippen LogP contribution in [0.15, 0.2) is 30.5 Å². The predicted octanol–water partition coefficient (Wildman–Crippen LogP) is 3.57. The van der Waals surface area contributed by atoms with Crippen molar-refractivity contribution in [1.82, 2.24) is 9.88 Å². The summed E-state index contributed by atoms with van der Waals surface area (Å²) in [5, 5.41) is 11.9. The predicted molar refractivity (Wildman–Crippen MR) is 84.3 cm³/mol. The Morgan fingerprint density at radius 1 is 1.38 bits per heavy atom. The Bertz CT molecular complexity index is 715. The number of non-ortho nitro benzene ring substituents is 1. The van der Waals surface area contributed by atoms with Gasteiger partial charge < -0.3 is 4.98 Å². The third-order valence-electron chi connectivity index (χ3n) is 4.19. The standard InChI is InChI=1S/C16H19N3O2/c1-11(2)18-7-5-12(6-8-18)15-10-17-16-4-3-13(19(20)21)9-14(15)16/h3-5,9-11,17H,6-8H2,1-2H3. The molecular formula is C16H19N3O2. The van der Waals surface area contributed by atoms with E-state index in [4.69, 9.17) is 0 Å². The highest BCUT2D eigenvalue weighted by Gasteiger charge is 2.18. The molecule has 0 fully saturated rings. The van der Waals surface area contributed by atoms with E-state index in [0.717, 1.165) is 36.0 Å². The van der Waals surface area contributed by atoms with E-state index in [9.17, 15) is 10.1 Å². The van der Waals surface area contributed by atoms with Crippen molar-refractivity contribution in [1.29, 1.82) is 0 Å². The van der Waals surface area contributed by atoms with Gasteiger partial charge in [-0.3, -0.25) is 15.0 Å². The van der Waals surface area contributed by atoms with Gasteiger partial charge in [-0.15, -0.1) is 0 Å². The number of hydrogen-bond acceptors (Lipinski definition) is 3. The van der Waals surface area contributed by atoms with Crippen molar-refractivity contribution < 1.29 is 4.92 Å². The number of nitrogens with zero attached hydrogens (tertiary/aromatic N) is 2. The van der Waals surface area contributed by atoms with E-state index in [1.807, 2.05) is 6.20 Å². The molecule has 0 saturated carbocycles. The molecule has 0 bridgehead atoms. The molecule has 0 saturated heterocycles. The summed E-state index contributed by atoms with van der Waals surface area (Å²) < 4.78 is 0. The molecule has 0 spiro atoms. The molecule has 1 N–H and O–H groups in total. The number of aromatic nitrogens is 1. The Morgan fingerprint density at radius 3 is 2.81 bits per heavy atom. The molecule has 1 aliphatic heterocycles. The average Bonchev–Trinajstić information content (AvgIpc) is 2.90. The van der Waals surface area contributed by atoms with E-state index in [-0.39, 0.29) is 10.6 Å². The van der Waals surface area contributed by atoms with E-state index in [1.54, 1.807) is 18.2 Å². The second-order valence-corrected chi connectivity index (χ2v) is 5.76. The summed E-state index contributed by atoms with van der Waals surface area (Å²) in [6, 6.07) is 5.53. The van der Waals surface area contributed by atoms with Crippen molar-refractivity contribution in [2.75, 3.05) is 13.1 Å². The van der Waals surface area contributed by atoms with Gasteiger partial charge in [0.25, 0.3) is 5.69 Å². The maximum atomic E-state index is 10.9. The van der Waals surface area contributed by atoms with Gasteiger partial charge in [-0.2, -0.15) is 0 Å². The number of H-pyrrole nitrogens is 1. The molecule has 5 heteroatoms. The molecule has 3 rings (SSSR count). The Kier molecular flexibility index (Phi) is 3.51. The van der Waals surface area contributed by atoms with Crippen molar-refractivity contribution in [3.05, 3.63) is 46.1 Å². The molecule has 0 amide bonds. The summed E-state index contributed by atoms with van der Waals surface area (Å²) in [7, 11) is 0. The van der Waals surface area contributed by atoms with Crippen LogP contribution in [-0.4, -0.2) is 33.9 Å². The van der Waals surface area contributed by atoms with Crippen LogP contribution in [0.5, 0.6) is 0 Å². The number of aromatic amines is 1. The molecule has 0 radical (unpaired) electrons. The molecule has 0 atom stereocenters. The van der Waals surface area contributed by atoms with Gasteiger partial charge in [0, 0.05) is 53.9 Å². The van der Waals surface area contributed by atoms with E-state index >= 15 is 0 Å². The minimum absolute atomic E-state index is 0.142. The van der Waals surface area contributed by atoms with E-state index in [0.29, 0.717) is 6.04 Å². The number of fused-ring (bicyclic) bond motifs is 1. The van der Waals surface area contributed by atoms with Gasteiger partial charge in [-0.05, 0) is 31.9 Å². The van der Waals surface area contributed by atoms with E-state index in [2.05, 4.69) is 29.8 Å². The first-order chi connectivity index (χ1) is 10.1. The van der Waals surface area contributed by atoms with Gasteiger partial charge in [-0.1, -0.05) is 6.08 Å². The van der Waals surface area contributed by atoms with Crippen molar-refractivity contribution >= 4 is 22.2 Å². The number of nitrogens with one attached hydrogen (secondary N) is 1. The summed E-state index contributed by atoms with van der Waals surface area (Å²) >= 11 is 0.